The predicted molar refractivity (Wildman–Crippen MR) is 79.6 cm³/mol. The van der Waals surface area contributed by atoms with Crippen LogP contribution >= 0.6 is 17.0 Å². The van der Waals surface area contributed by atoms with Crippen LogP contribution in [0.4, 0.5) is 0 Å². The molecular weight excluding hydrogens is 370 g/mol. The van der Waals surface area contributed by atoms with Crippen molar-refractivity contribution in [2.24, 2.45) is 0 Å². The van der Waals surface area contributed by atoms with Gasteiger partial charge in [0.15, 0.2) is 0 Å². The van der Waals surface area contributed by atoms with Gasteiger partial charge in [0, 0.05) is 0 Å². The van der Waals surface area contributed by atoms with Gasteiger partial charge in [-0.3, -0.25) is 0 Å². The van der Waals surface area contributed by atoms with Crippen molar-refractivity contribution in [1.29, 1.82) is 0 Å². The SMILES string of the molecule is [Cl][Zr][Cl].[c-]1[c-][c-][c-]([Si]2([c-]3cccc3)CCCCC2)[c-]1. The molecule has 4 heteroatoms. The van der Waals surface area contributed by atoms with Crippen LogP contribution in [0.1, 0.15) is 19.3 Å². The molecule has 0 amide bonds. The van der Waals surface area contributed by atoms with Crippen LogP contribution in [-0.4, -0.2) is 8.07 Å². The fraction of sp³-hybridized carbons (Fsp3) is 0.333. The third-order valence-corrected chi connectivity index (χ3v) is 8.90. The quantitative estimate of drug-likeness (QED) is 0.550. The van der Waals surface area contributed by atoms with Crippen molar-refractivity contribution in [2.75, 3.05) is 0 Å². The molecule has 0 aromatic heterocycles. The molecule has 2 aromatic rings. The molecular formula is C15H14Cl2SiZr-6. The Morgan fingerprint density at radius 3 is 2.00 bits per heavy atom. The number of hydrogen-bond donors (Lipinski definition) is 0. The van der Waals surface area contributed by atoms with Gasteiger partial charge < -0.3 is 29.5 Å². The van der Waals surface area contributed by atoms with Crippen LogP contribution in [0.25, 0.3) is 0 Å². The van der Waals surface area contributed by atoms with E-state index in [0.717, 1.165) is 0 Å². The number of rotatable bonds is 2. The van der Waals surface area contributed by atoms with Gasteiger partial charge in [-0.05, 0) is 0 Å². The first-order chi connectivity index (χ1) is 9.33. The second-order valence-corrected chi connectivity index (χ2v) is 12.7. The van der Waals surface area contributed by atoms with Crippen LogP contribution < -0.4 is 10.4 Å². The smallest absolute Gasteiger partial charge is 0.0541 e. The van der Waals surface area contributed by atoms with Crippen molar-refractivity contribution < 1.29 is 20.8 Å². The zero-order valence-corrected chi connectivity index (χ0v) is 15.6. The molecule has 0 aliphatic carbocycles. The van der Waals surface area contributed by atoms with Crippen molar-refractivity contribution >= 4 is 35.5 Å². The molecule has 19 heavy (non-hydrogen) atoms. The van der Waals surface area contributed by atoms with E-state index in [-0.39, 0.29) is 0 Å². The topological polar surface area (TPSA) is 0 Å². The Kier molecular flexibility index (Phi) is 6.62. The third kappa shape index (κ3) is 3.73. The Balaban J connectivity index is 0.000000408. The molecule has 0 radical (unpaired) electrons. The van der Waals surface area contributed by atoms with E-state index in [4.69, 9.17) is 17.0 Å². The summed E-state index contributed by atoms with van der Waals surface area (Å²) in [6.07, 6.45) is 4.12. The van der Waals surface area contributed by atoms with Crippen molar-refractivity contribution in [3.8, 4) is 0 Å². The van der Waals surface area contributed by atoms with E-state index in [9.17, 15) is 0 Å². The molecule has 102 valence electrons. The van der Waals surface area contributed by atoms with Crippen LogP contribution in [0.5, 0.6) is 0 Å². The summed E-state index contributed by atoms with van der Waals surface area (Å²) in [5.74, 6) is 0. The van der Waals surface area contributed by atoms with E-state index in [1.807, 2.05) is 0 Å². The first-order valence-electron chi connectivity index (χ1n) is 6.41. The van der Waals surface area contributed by atoms with Crippen LogP contribution in [-0.2, 0) is 20.8 Å². The summed E-state index contributed by atoms with van der Waals surface area (Å²) in [5.41, 5.74) is 0. The summed E-state index contributed by atoms with van der Waals surface area (Å²) in [6.45, 7) is 0. The van der Waals surface area contributed by atoms with Gasteiger partial charge in [0.1, 0.15) is 0 Å². The summed E-state index contributed by atoms with van der Waals surface area (Å²) in [7, 11) is 8.36. The monoisotopic (exact) mass is 382 g/mol. The summed E-state index contributed by atoms with van der Waals surface area (Å²) >= 11 is -0.826. The molecule has 0 nitrogen and oxygen atoms in total. The fourth-order valence-electron chi connectivity index (χ4n) is 2.99. The van der Waals surface area contributed by atoms with Gasteiger partial charge in [0.05, 0.1) is 0 Å². The van der Waals surface area contributed by atoms with E-state index in [0.29, 0.717) is 0 Å². The first-order valence-corrected chi connectivity index (χ1v) is 15.2. The first kappa shape index (κ1) is 15.8. The van der Waals surface area contributed by atoms with Gasteiger partial charge in [0.25, 0.3) is 0 Å². The maximum absolute atomic E-state index is 4.93. The van der Waals surface area contributed by atoms with E-state index in [2.05, 4.69) is 48.5 Å². The Morgan fingerprint density at radius 1 is 0.947 bits per heavy atom. The molecule has 1 aliphatic heterocycles. The molecule has 1 fully saturated rings. The molecule has 1 saturated heterocycles. The number of hydrogen-bond acceptors (Lipinski definition) is 0. The summed E-state index contributed by atoms with van der Waals surface area (Å²) in [6, 6.07) is 24.0. The van der Waals surface area contributed by atoms with Crippen molar-refractivity contribution in [1.82, 2.24) is 0 Å². The molecule has 2 aromatic carbocycles. The molecule has 0 unspecified atom stereocenters. The van der Waals surface area contributed by atoms with Gasteiger partial charge in [-0.2, -0.15) is 25.4 Å². The van der Waals surface area contributed by atoms with Gasteiger partial charge in [-0.15, -0.1) is 0 Å². The number of halogens is 2. The molecule has 3 rings (SSSR count). The molecule has 0 spiro atoms. The van der Waals surface area contributed by atoms with Crippen LogP contribution in [0.3, 0.4) is 0 Å². The molecule has 0 saturated carbocycles. The molecule has 0 atom stereocenters. The second kappa shape index (κ2) is 7.98. The molecule has 1 heterocycles. The van der Waals surface area contributed by atoms with Crippen LogP contribution in [0.15, 0.2) is 24.3 Å². The Morgan fingerprint density at radius 2 is 1.47 bits per heavy atom. The standard InChI is InChI=1S/C15H14Si.2ClH.Zr/c1-6-12-16(13-7-1,14-8-2-3-9-14)15-10-4-5-11-15;;;/h2-3,8-9H,1,6-7,12-13H2;2*1H;/q-6;;;+2/p-2. The van der Waals surface area contributed by atoms with Gasteiger partial charge in [-0.1, -0.05) is 31.4 Å². The zero-order chi connectivity index (χ0) is 13.6. The van der Waals surface area contributed by atoms with E-state index in [1.165, 1.54) is 36.5 Å². The van der Waals surface area contributed by atoms with Crippen molar-refractivity contribution in [3.05, 3.63) is 48.5 Å². The maximum Gasteiger partial charge on any atom is -0.0541 e. The average Bonchev–Trinajstić information content (AvgIpc) is 3.14. The van der Waals surface area contributed by atoms with E-state index in [1.54, 1.807) is 5.19 Å². The summed E-state index contributed by atoms with van der Waals surface area (Å²) < 4.78 is 0. The Hall–Kier alpha value is 0.380. The maximum atomic E-state index is 4.93. The molecule has 0 N–H and O–H groups in total. The van der Waals surface area contributed by atoms with Crippen molar-refractivity contribution in [2.45, 2.75) is 31.4 Å². The summed E-state index contributed by atoms with van der Waals surface area (Å²) in [4.78, 5) is 0. The molecule has 0 bridgehead atoms. The van der Waals surface area contributed by atoms with E-state index >= 15 is 0 Å². The average molecular weight is 384 g/mol. The normalized spacial score (nSPS) is 17.4. The van der Waals surface area contributed by atoms with Crippen LogP contribution in [0.2, 0.25) is 12.1 Å². The molecule has 1 aliphatic rings. The predicted octanol–water partition coefficient (Wildman–Crippen LogP) is 3.45. The zero-order valence-electron chi connectivity index (χ0n) is 10.6. The van der Waals surface area contributed by atoms with Gasteiger partial charge in [0.2, 0.25) is 0 Å². The second-order valence-electron chi connectivity index (χ2n) is 4.76. The largest absolute Gasteiger partial charge is 0.999 e. The minimum Gasteiger partial charge on any atom is -0.999 e. The fourth-order valence-corrected chi connectivity index (χ4v) is 7.75. The summed E-state index contributed by atoms with van der Waals surface area (Å²) in [5, 5.41) is 2.87. The van der Waals surface area contributed by atoms with Gasteiger partial charge in [-0.25, -0.2) is 12.1 Å². The Labute approximate surface area is 135 Å². The van der Waals surface area contributed by atoms with Crippen LogP contribution in [0, 0.1) is 24.3 Å². The minimum absolute atomic E-state index is 0.826. The van der Waals surface area contributed by atoms with Gasteiger partial charge >= 0.3 is 37.9 Å². The van der Waals surface area contributed by atoms with Crippen molar-refractivity contribution in [3.63, 3.8) is 0 Å². The van der Waals surface area contributed by atoms with E-state index < -0.39 is 28.9 Å². The third-order valence-electron chi connectivity index (χ3n) is 3.84. The minimum atomic E-state index is -1.50. The Bertz CT molecular complexity index is 408.